The molecule has 0 amide bonds. The van der Waals surface area contributed by atoms with Gasteiger partial charge in [-0.2, -0.15) is 5.10 Å². The molecule has 6 nitrogen and oxygen atoms in total. The molecule has 6 heteroatoms. The molecule has 0 bridgehead atoms. The lowest BCUT2D eigenvalue weighted by Crippen LogP contribution is -2.31. The fourth-order valence-electron chi connectivity index (χ4n) is 3.06. The summed E-state index contributed by atoms with van der Waals surface area (Å²) in [4.78, 5) is 4.05. The summed E-state index contributed by atoms with van der Waals surface area (Å²) in [5.41, 5.74) is 3.00. The van der Waals surface area contributed by atoms with Crippen LogP contribution in [0.5, 0.6) is 5.75 Å². The molecule has 26 heavy (non-hydrogen) atoms. The molecule has 1 aliphatic rings. The maximum absolute atomic E-state index is 6.18. The molecule has 134 valence electrons. The van der Waals surface area contributed by atoms with Crippen molar-refractivity contribution in [3.8, 4) is 17.0 Å². The van der Waals surface area contributed by atoms with Crippen molar-refractivity contribution in [1.82, 2.24) is 14.8 Å². The van der Waals surface area contributed by atoms with Crippen LogP contribution in [0.25, 0.3) is 11.3 Å². The van der Waals surface area contributed by atoms with Crippen molar-refractivity contribution in [3.63, 3.8) is 0 Å². The van der Waals surface area contributed by atoms with Crippen molar-refractivity contribution in [2.24, 2.45) is 0 Å². The van der Waals surface area contributed by atoms with Gasteiger partial charge in [0, 0.05) is 31.3 Å². The molecule has 3 aromatic rings. The van der Waals surface area contributed by atoms with Crippen LogP contribution in [0.2, 0.25) is 0 Å². The number of ether oxygens (including phenoxy) is 3. The summed E-state index contributed by atoms with van der Waals surface area (Å²) < 4.78 is 19.0. The van der Waals surface area contributed by atoms with Gasteiger partial charge < -0.3 is 14.2 Å². The average Bonchev–Trinajstić information content (AvgIpc) is 3.32. The first-order valence-electron chi connectivity index (χ1n) is 8.62. The molecule has 0 spiro atoms. The summed E-state index contributed by atoms with van der Waals surface area (Å²) in [7, 11) is 1.68. The van der Waals surface area contributed by atoms with Gasteiger partial charge in [0.05, 0.1) is 25.5 Å². The number of hydrogen-bond acceptors (Lipinski definition) is 5. The smallest absolute Gasteiger partial charge is 0.150 e. The van der Waals surface area contributed by atoms with Gasteiger partial charge in [0.1, 0.15) is 11.9 Å². The first kappa shape index (κ1) is 16.8. The first-order valence-corrected chi connectivity index (χ1v) is 8.62. The Hall–Kier alpha value is -2.70. The first-order chi connectivity index (χ1) is 12.8. The van der Waals surface area contributed by atoms with E-state index in [1.54, 1.807) is 19.5 Å². The third kappa shape index (κ3) is 3.61. The largest absolute Gasteiger partial charge is 0.484 e. The number of aromatic nitrogens is 3. The van der Waals surface area contributed by atoms with E-state index in [0.717, 1.165) is 22.6 Å². The van der Waals surface area contributed by atoms with Crippen LogP contribution in [0.1, 0.15) is 5.56 Å². The Labute approximate surface area is 152 Å². The molecule has 3 heterocycles. The number of pyridine rings is 1. The van der Waals surface area contributed by atoms with Gasteiger partial charge in [-0.1, -0.05) is 12.1 Å². The summed E-state index contributed by atoms with van der Waals surface area (Å²) in [5.74, 6) is 0.791. The summed E-state index contributed by atoms with van der Waals surface area (Å²) in [6.45, 7) is 1.79. The Bertz CT molecular complexity index is 850. The fraction of sp³-hybridized carbons (Fsp3) is 0.300. The molecule has 0 radical (unpaired) electrons. The van der Waals surface area contributed by atoms with Crippen molar-refractivity contribution in [1.29, 1.82) is 0 Å². The Balaban J connectivity index is 1.55. The van der Waals surface area contributed by atoms with Crippen molar-refractivity contribution in [2.75, 3.05) is 20.3 Å². The van der Waals surface area contributed by atoms with E-state index in [1.165, 1.54) is 0 Å². The molecule has 2 aromatic heterocycles. The van der Waals surface area contributed by atoms with Gasteiger partial charge >= 0.3 is 0 Å². The zero-order valence-electron chi connectivity index (χ0n) is 14.6. The Kier molecular flexibility index (Phi) is 4.95. The Morgan fingerprint density at radius 3 is 2.73 bits per heavy atom. The van der Waals surface area contributed by atoms with E-state index in [2.05, 4.69) is 4.98 Å². The van der Waals surface area contributed by atoms with Crippen LogP contribution in [-0.4, -0.2) is 47.3 Å². The lowest BCUT2D eigenvalue weighted by Gasteiger charge is -2.19. The van der Waals surface area contributed by atoms with Gasteiger partial charge in [0.15, 0.2) is 6.10 Å². The van der Waals surface area contributed by atoms with Crippen LogP contribution in [0.4, 0.5) is 0 Å². The lowest BCUT2D eigenvalue weighted by atomic mass is 10.1. The van der Waals surface area contributed by atoms with Crippen LogP contribution in [0.15, 0.2) is 61.1 Å². The standard InChI is InChI=1S/C20H21N3O3/c1-24-19-13-25-14-20(19)26-18-5-3-2-4-16(18)17-8-11-23(22-17)12-15-6-9-21-10-7-15/h2-11,19-20H,12-14H2,1H3/t19?,20-/m1/s1. The Morgan fingerprint density at radius 1 is 1.08 bits per heavy atom. The molecule has 1 saturated heterocycles. The second kappa shape index (κ2) is 7.68. The molecule has 4 rings (SSSR count). The van der Waals surface area contributed by atoms with Crippen molar-refractivity contribution >= 4 is 0 Å². The van der Waals surface area contributed by atoms with Crippen LogP contribution >= 0.6 is 0 Å². The molecule has 1 aromatic carbocycles. The van der Waals surface area contributed by atoms with Gasteiger partial charge in [-0.3, -0.25) is 9.67 Å². The van der Waals surface area contributed by atoms with E-state index >= 15 is 0 Å². The number of hydrogen-bond donors (Lipinski definition) is 0. The number of rotatable bonds is 6. The monoisotopic (exact) mass is 351 g/mol. The molecule has 1 aliphatic heterocycles. The average molecular weight is 351 g/mol. The molecule has 0 saturated carbocycles. The molecule has 0 N–H and O–H groups in total. The van der Waals surface area contributed by atoms with E-state index in [-0.39, 0.29) is 12.2 Å². The molecule has 1 unspecified atom stereocenters. The second-order valence-electron chi connectivity index (χ2n) is 6.22. The predicted octanol–water partition coefficient (Wildman–Crippen LogP) is 2.79. The number of nitrogens with zero attached hydrogens (tertiary/aromatic N) is 3. The van der Waals surface area contributed by atoms with Gasteiger partial charge in [0.2, 0.25) is 0 Å². The summed E-state index contributed by atoms with van der Waals surface area (Å²) >= 11 is 0. The molecule has 0 aliphatic carbocycles. The second-order valence-corrected chi connectivity index (χ2v) is 6.22. The van der Waals surface area contributed by atoms with Crippen LogP contribution in [-0.2, 0) is 16.0 Å². The van der Waals surface area contributed by atoms with Gasteiger partial charge in [-0.15, -0.1) is 0 Å². The Morgan fingerprint density at radius 2 is 1.88 bits per heavy atom. The van der Waals surface area contributed by atoms with E-state index in [0.29, 0.717) is 19.8 Å². The minimum Gasteiger partial charge on any atom is -0.484 e. The fourth-order valence-corrected chi connectivity index (χ4v) is 3.06. The number of methoxy groups -OCH3 is 1. The highest BCUT2D eigenvalue weighted by molar-refractivity contribution is 5.66. The van der Waals surface area contributed by atoms with E-state index in [4.69, 9.17) is 19.3 Å². The van der Waals surface area contributed by atoms with E-state index in [9.17, 15) is 0 Å². The van der Waals surface area contributed by atoms with Crippen LogP contribution in [0.3, 0.4) is 0 Å². The van der Waals surface area contributed by atoms with Gasteiger partial charge in [-0.25, -0.2) is 0 Å². The third-order valence-electron chi connectivity index (χ3n) is 4.46. The van der Waals surface area contributed by atoms with Crippen molar-refractivity contribution < 1.29 is 14.2 Å². The number of benzene rings is 1. The van der Waals surface area contributed by atoms with Gasteiger partial charge in [-0.05, 0) is 35.9 Å². The highest BCUT2D eigenvalue weighted by Gasteiger charge is 2.30. The highest BCUT2D eigenvalue weighted by Crippen LogP contribution is 2.30. The summed E-state index contributed by atoms with van der Waals surface area (Å²) in [6.07, 6.45) is 5.40. The maximum Gasteiger partial charge on any atom is 0.150 e. The molecular formula is C20H21N3O3. The SMILES string of the molecule is COC1COC[C@H]1Oc1ccccc1-c1ccn(Cc2ccncc2)n1. The maximum atomic E-state index is 6.18. The van der Waals surface area contributed by atoms with Crippen molar-refractivity contribution in [3.05, 3.63) is 66.6 Å². The molecule has 2 atom stereocenters. The van der Waals surface area contributed by atoms with Crippen LogP contribution in [0, 0.1) is 0 Å². The summed E-state index contributed by atoms with van der Waals surface area (Å²) in [5, 5.41) is 4.70. The van der Waals surface area contributed by atoms with Crippen molar-refractivity contribution in [2.45, 2.75) is 18.8 Å². The normalized spacial score (nSPS) is 19.6. The number of para-hydroxylation sites is 1. The minimum atomic E-state index is -0.111. The van der Waals surface area contributed by atoms with E-state index in [1.807, 2.05) is 53.3 Å². The zero-order valence-corrected chi connectivity index (χ0v) is 14.6. The van der Waals surface area contributed by atoms with E-state index < -0.39 is 0 Å². The summed E-state index contributed by atoms with van der Waals surface area (Å²) in [6, 6.07) is 13.9. The van der Waals surface area contributed by atoms with Crippen LogP contribution < -0.4 is 4.74 Å². The minimum absolute atomic E-state index is 0.0488. The highest BCUT2D eigenvalue weighted by atomic mass is 16.6. The third-order valence-corrected chi connectivity index (χ3v) is 4.46. The molecular weight excluding hydrogens is 330 g/mol. The topological polar surface area (TPSA) is 58.4 Å². The molecule has 1 fully saturated rings. The van der Waals surface area contributed by atoms with Gasteiger partial charge in [0.25, 0.3) is 0 Å². The quantitative estimate of drug-likeness (QED) is 0.683. The lowest BCUT2D eigenvalue weighted by molar-refractivity contribution is 0.0328. The zero-order chi connectivity index (χ0) is 17.8. The predicted molar refractivity (Wildman–Crippen MR) is 97.0 cm³/mol.